The van der Waals surface area contributed by atoms with E-state index in [-0.39, 0.29) is 0 Å². The molecule has 0 aliphatic carbocycles. The van der Waals surface area contributed by atoms with Gasteiger partial charge in [0.05, 0.1) is 0 Å². The molecule has 5 rings (SSSR count). The third-order valence-corrected chi connectivity index (χ3v) is 7.01. The minimum Gasteiger partial charge on any atom is -0.365 e. The molecule has 0 amide bonds. The van der Waals surface area contributed by atoms with Crippen LogP contribution in [0.2, 0.25) is 0 Å². The second-order valence-electron chi connectivity index (χ2n) is 8.05. The van der Waals surface area contributed by atoms with Crippen LogP contribution in [-0.2, 0) is 0 Å². The molecule has 0 bridgehead atoms. The molecule has 1 nitrogen and oxygen atoms in total. The van der Waals surface area contributed by atoms with Crippen molar-refractivity contribution in [2.45, 2.75) is 39.8 Å². The lowest BCUT2D eigenvalue weighted by Gasteiger charge is -2.31. The lowest BCUT2D eigenvalue weighted by Crippen LogP contribution is -2.34. The Kier molecular flexibility index (Phi) is 3.07. The predicted octanol–water partition coefficient (Wildman–Crippen LogP) is 6.45. The molecule has 0 N–H and O–H groups in total. The first kappa shape index (κ1) is 15.0. The third kappa shape index (κ3) is 1.90. The summed E-state index contributed by atoms with van der Waals surface area (Å²) in [4.78, 5) is 2.67. The summed E-state index contributed by atoms with van der Waals surface area (Å²) in [5.41, 5.74) is 1.40. The fraction of sp³-hybridized carbons (Fsp3) is 0.333. The summed E-state index contributed by atoms with van der Waals surface area (Å²) in [7, 11) is 0. The Balaban J connectivity index is 1.86. The van der Waals surface area contributed by atoms with Crippen molar-refractivity contribution in [2.24, 2.45) is 11.8 Å². The van der Waals surface area contributed by atoms with E-state index < -0.39 is 0 Å². The average Bonchev–Trinajstić information content (AvgIpc) is 2.83. The molecule has 4 aromatic carbocycles. The van der Waals surface area contributed by atoms with Crippen molar-refractivity contribution >= 4 is 38.0 Å². The van der Waals surface area contributed by atoms with Crippen molar-refractivity contribution in [2.75, 3.05) is 4.90 Å². The molecule has 1 aliphatic heterocycles. The topological polar surface area (TPSA) is 3.24 Å². The second-order valence-corrected chi connectivity index (χ2v) is 8.05. The van der Waals surface area contributed by atoms with Gasteiger partial charge >= 0.3 is 0 Å². The molecule has 1 saturated heterocycles. The van der Waals surface area contributed by atoms with Crippen LogP contribution < -0.4 is 4.90 Å². The SMILES string of the molecule is C[C@@H]1[C@H](C)[C@H](C)N(c2ccc3ccc4cccc5ccc2c3c45)[C@@H]1C. The van der Waals surface area contributed by atoms with Gasteiger partial charge in [-0.3, -0.25) is 0 Å². The van der Waals surface area contributed by atoms with Gasteiger partial charge in [0.2, 0.25) is 0 Å². The van der Waals surface area contributed by atoms with Gasteiger partial charge in [-0.25, -0.2) is 0 Å². The molecule has 126 valence electrons. The zero-order chi connectivity index (χ0) is 17.3. The molecule has 0 saturated carbocycles. The van der Waals surface area contributed by atoms with E-state index in [1.165, 1.54) is 38.0 Å². The van der Waals surface area contributed by atoms with Crippen LogP contribution in [0.3, 0.4) is 0 Å². The zero-order valence-corrected chi connectivity index (χ0v) is 15.5. The van der Waals surface area contributed by atoms with Gasteiger partial charge < -0.3 is 4.90 Å². The molecule has 0 aromatic heterocycles. The summed E-state index contributed by atoms with van der Waals surface area (Å²) < 4.78 is 0. The highest BCUT2D eigenvalue weighted by Gasteiger charge is 2.40. The van der Waals surface area contributed by atoms with Gasteiger partial charge in [0.15, 0.2) is 0 Å². The quantitative estimate of drug-likeness (QED) is 0.363. The van der Waals surface area contributed by atoms with Crippen LogP contribution in [0.1, 0.15) is 27.7 Å². The molecule has 25 heavy (non-hydrogen) atoms. The zero-order valence-electron chi connectivity index (χ0n) is 15.5. The average molecular weight is 327 g/mol. The summed E-state index contributed by atoms with van der Waals surface area (Å²) in [6, 6.07) is 21.6. The fourth-order valence-corrected chi connectivity index (χ4v) is 5.14. The van der Waals surface area contributed by atoms with Crippen LogP contribution in [0.15, 0.2) is 54.6 Å². The summed E-state index contributed by atoms with van der Waals surface area (Å²) in [5.74, 6) is 1.43. The van der Waals surface area contributed by atoms with Crippen LogP contribution in [0.4, 0.5) is 5.69 Å². The maximum atomic E-state index is 2.67. The van der Waals surface area contributed by atoms with E-state index in [1.54, 1.807) is 0 Å². The summed E-state index contributed by atoms with van der Waals surface area (Å²) >= 11 is 0. The van der Waals surface area contributed by atoms with Gasteiger partial charge in [0.1, 0.15) is 0 Å². The van der Waals surface area contributed by atoms with E-state index in [2.05, 4.69) is 87.2 Å². The highest BCUT2D eigenvalue weighted by molar-refractivity contribution is 6.25. The van der Waals surface area contributed by atoms with E-state index in [0.717, 1.165) is 0 Å². The van der Waals surface area contributed by atoms with Gasteiger partial charge in [-0.15, -0.1) is 0 Å². The molecule has 4 aromatic rings. The van der Waals surface area contributed by atoms with E-state index in [1.807, 2.05) is 0 Å². The lowest BCUT2D eigenvalue weighted by atomic mass is 9.92. The molecule has 0 radical (unpaired) electrons. The summed E-state index contributed by atoms with van der Waals surface area (Å²) in [5, 5.41) is 8.29. The van der Waals surface area contributed by atoms with E-state index in [4.69, 9.17) is 0 Å². The lowest BCUT2D eigenvalue weighted by molar-refractivity contribution is 0.413. The monoisotopic (exact) mass is 327 g/mol. The van der Waals surface area contributed by atoms with Crippen LogP contribution in [-0.4, -0.2) is 12.1 Å². The van der Waals surface area contributed by atoms with Crippen molar-refractivity contribution in [1.82, 2.24) is 0 Å². The highest BCUT2D eigenvalue weighted by atomic mass is 15.2. The standard InChI is InChI=1S/C24H25N/c1-14-15(2)17(4)25(16(14)3)22-13-11-20-9-8-18-6-5-7-19-10-12-21(22)24(20)23(18)19/h5-17H,1-4H3/t14-,15+,16-,17+. The third-order valence-electron chi connectivity index (χ3n) is 7.01. The first-order valence-corrected chi connectivity index (χ1v) is 9.53. The summed E-state index contributed by atoms with van der Waals surface area (Å²) in [6.07, 6.45) is 0. The predicted molar refractivity (Wildman–Crippen MR) is 110 cm³/mol. The molecular weight excluding hydrogens is 302 g/mol. The first-order valence-electron chi connectivity index (χ1n) is 9.53. The Morgan fingerprint density at radius 1 is 0.600 bits per heavy atom. The summed E-state index contributed by atoms with van der Waals surface area (Å²) in [6.45, 7) is 9.59. The van der Waals surface area contributed by atoms with Gasteiger partial charge in [-0.05, 0) is 58.7 Å². The van der Waals surface area contributed by atoms with Crippen molar-refractivity contribution in [3.8, 4) is 0 Å². The largest absolute Gasteiger partial charge is 0.365 e. The van der Waals surface area contributed by atoms with Gasteiger partial charge in [-0.1, -0.05) is 62.4 Å². The van der Waals surface area contributed by atoms with Crippen molar-refractivity contribution in [3.63, 3.8) is 0 Å². The number of nitrogens with zero attached hydrogens (tertiary/aromatic N) is 1. The van der Waals surface area contributed by atoms with Crippen molar-refractivity contribution in [1.29, 1.82) is 0 Å². The second kappa shape index (κ2) is 5.11. The Hall–Kier alpha value is -2.28. The fourth-order valence-electron chi connectivity index (χ4n) is 5.14. The Morgan fingerprint density at radius 3 is 1.76 bits per heavy atom. The Labute approximate surface area is 149 Å². The number of hydrogen-bond donors (Lipinski definition) is 0. The maximum absolute atomic E-state index is 2.67. The van der Waals surface area contributed by atoms with Crippen LogP contribution in [0, 0.1) is 11.8 Å². The van der Waals surface area contributed by atoms with Crippen LogP contribution in [0.5, 0.6) is 0 Å². The van der Waals surface area contributed by atoms with Crippen molar-refractivity contribution < 1.29 is 0 Å². The van der Waals surface area contributed by atoms with E-state index in [0.29, 0.717) is 23.9 Å². The first-order chi connectivity index (χ1) is 12.1. The highest BCUT2D eigenvalue weighted by Crippen LogP contribution is 2.44. The molecular formula is C24H25N. The number of hydrogen-bond acceptors (Lipinski definition) is 1. The smallest absolute Gasteiger partial charge is 0.0451 e. The molecule has 0 spiro atoms. The van der Waals surface area contributed by atoms with Gasteiger partial charge in [-0.2, -0.15) is 0 Å². The molecule has 4 atom stereocenters. The molecule has 1 heteroatoms. The Bertz CT molecular complexity index is 1050. The molecule has 0 unspecified atom stereocenters. The van der Waals surface area contributed by atoms with Crippen LogP contribution >= 0.6 is 0 Å². The van der Waals surface area contributed by atoms with Crippen molar-refractivity contribution in [3.05, 3.63) is 54.6 Å². The number of anilines is 1. The number of rotatable bonds is 1. The normalized spacial score (nSPS) is 27.1. The number of benzene rings is 4. The van der Waals surface area contributed by atoms with Gasteiger partial charge in [0, 0.05) is 23.2 Å². The molecule has 1 heterocycles. The minimum absolute atomic E-state index is 0.573. The van der Waals surface area contributed by atoms with Crippen LogP contribution in [0.25, 0.3) is 32.3 Å². The van der Waals surface area contributed by atoms with Gasteiger partial charge in [0.25, 0.3) is 0 Å². The minimum atomic E-state index is 0.573. The molecule has 1 aliphatic rings. The van der Waals surface area contributed by atoms with E-state index >= 15 is 0 Å². The maximum Gasteiger partial charge on any atom is 0.0451 e. The Morgan fingerprint density at radius 2 is 1.12 bits per heavy atom. The molecule has 1 fully saturated rings. The van der Waals surface area contributed by atoms with E-state index in [9.17, 15) is 0 Å².